The first-order valence-electron chi connectivity index (χ1n) is 8.99. The van der Waals surface area contributed by atoms with Crippen molar-refractivity contribution >= 4 is 16.4 Å². The van der Waals surface area contributed by atoms with Crippen LogP contribution >= 0.6 is 8.53 Å². The Kier molecular flexibility index (Phi) is 24.2. The number of rotatable bonds is 8. The van der Waals surface area contributed by atoms with Crippen molar-refractivity contribution in [2.45, 2.75) is 90.6 Å². The van der Waals surface area contributed by atoms with Gasteiger partial charge < -0.3 is 24.4 Å². The predicted octanol–water partition coefficient (Wildman–Crippen LogP) is 2.29. The normalized spacial score (nSPS) is 20.7. The van der Waals surface area contributed by atoms with E-state index in [9.17, 15) is 4.89 Å². The summed E-state index contributed by atoms with van der Waals surface area (Å²) in [6.45, 7) is 10.1. The van der Waals surface area contributed by atoms with Gasteiger partial charge in [-0.3, -0.25) is 0 Å². The third-order valence-corrected chi connectivity index (χ3v) is 5.15. The molecule has 1 aliphatic heterocycles. The van der Waals surface area contributed by atoms with Gasteiger partial charge in [-0.2, -0.15) is 5.26 Å². The van der Waals surface area contributed by atoms with E-state index in [1.807, 2.05) is 38.4 Å². The van der Waals surface area contributed by atoms with E-state index in [1.54, 1.807) is 6.92 Å². The number of aliphatic hydroxyl groups is 2. The average Bonchev–Trinajstić information content (AvgIpc) is 2.93. The third kappa shape index (κ3) is 17.4. The van der Waals surface area contributed by atoms with Gasteiger partial charge in [0.05, 0.1) is 31.3 Å². The molecule has 155 valence electrons. The number of hydrogen-bond acceptors (Lipinski definition) is 7. The van der Waals surface area contributed by atoms with Crippen LogP contribution in [0.2, 0.25) is 0 Å². The molecule has 0 saturated carbocycles. The zero-order valence-corrected chi connectivity index (χ0v) is 21.3. The van der Waals surface area contributed by atoms with Crippen LogP contribution in [0.25, 0.3) is 0 Å². The van der Waals surface area contributed by atoms with Gasteiger partial charge in [0.2, 0.25) is 0 Å². The Morgan fingerprint density at radius 2 is 1.74 bits per heavy atom. The minimum atomic E-state index is -1.55. The fourth-order valence-corrected chi connectivity index (χ4v) is 3.70. The summed E-state index contributed by atoms with van der Waals surface area (Å²) in [4.78, 5) is 9.74. The number of nitrogens with zero attached hydrogens (tertiary/aromatic N) is 2. The first-order chi connectivity index (χ1) is 12.2. The second-order valence-corrected chi connectivity index (χ2v) is 7.75. The van der Waals surface area contributed by atoms with Crippen molar-refractivity contribution in [2.24, 2.45) is 0 Å². The van der Waals surface area contributed by atoms with E-state index in [0.29, 0.717) is 19.4 Å². The third-order valence-electron chi connectivity index (χ3n) is 3.42. The molecule has 27 heavy (non-hydrogen) atoms. The van der Waals surface area contributed by atoms with Gasteiger partial charge in [-0.05, 0) is 53.9 Å². The molecule has 0 aromatic carbocycles. The van der Waals surface area contributed by atoms with E-state index in [4.69, 9.17) is 32.6 Å². The van der Waals surface area contributed by atoms with Crippen LogP contribution in [0.4, 0.5) is 0 Å². The molecule has 1 heterocycles. The minimum absolute atomic E-state index is 0. The fourth-order valence-electron chi connectivity index (χ4n) is 2.52. The first-order valence-corrected chi connectivity index (χ1v) is 10.2. The van der Waals surface area contributed by atoms with Gasteiger partial charge in [0, 0.05) is 57.9 Å². The van der Waals surface area contributed by atoms with Crippen molar-refractivity contribution in [3.05, 3.63) is 0 Å². The molecule has 1 aliphatic rings. The summed E-state index contributed by atoms with van der Waals surface area (Å²) in [5.41, 5.74) is 0. The van der Waals surface area contributed by atoms with Gasteiger partial charge in [0.15, 0.2) is 0 Å². The quantitative estimate of drug-likeness (QED) is 0.279. The molecule has 4 unspecified atom stereocenters. The summed E-state index contributed by atoms with van der Waals surface area (Å²) in [6, 6.07) is 2.37. The zero-order valence-electron chi connectivity index (χ0n) is 17.6. The molecule has 3 radical (unpaired) electrons. The predicted molar refractivity (Wildman–Crippen MR) is 106 cm³/mol. The van der Waals surface area contributed by atoms with Crippen molar-refractivity contribution in [1.29, 1.82) is 5.26 Å². The Labute approximate surface area is 193 Å². The van der Waals surface area contributed by atoms with Crippen LogP contribution in [0.1, 0.15) is 60.3 Å². The van der Waals surface area contributed by atoms with Gasteiger partial charge in [0.1, 0.15) is 7.85 Å². The van der Waals surface area contributed by atoms with E-state index in [0.717, 1.165) is 20.0 Å². The van der Waals surface area contributed by atoms with Crippen LogP contribution < -0.4 is 0 Å². The summed E-state index contributed by atoms with van der Waals surface area (Å²) in [6.07, 6.45) is 2.88. The number of ether oxygens (including phenoxy) is 1. The molecule has 0 aromatic heterocycles. The molecular formula is C17H36BN2O5PY. The summed E-state index contributed by atoms with van der Waals surface area (Å²) in [5.74, 6) is 0. The summed E-state index contributed by atoms with van der Waals surface area (Å²) >= 11 is 0. The summed E-state index contributed by atoms with van der Waals surface area (Å²) < 4.78 is 12.4. The molecule has 1 saturated heterocycles. The smallest absolute Gasteiger partial charge is 0.256 e. The molecule has 4 atom stereocenters. The van der Waals surface area contributed by atoms with Gasteiger partial charge in [-0.15, -0.1) is 0 Å². The number of aliphatic hydroxyl groups excluding tert-OH is 2. The second-order valence-electron chi connectivity index (χ2n) is 6.52. The fraction of sp³-hybridized carbons (Fsp3) is 0.941. The Bertz CT molecular complexity index is 368. The van der Waals surface area contributed by atoms with Crippen molar-refractivity contribution in [3.8, 4) is 6.07 Å². The van der Waals surface area contributed by atoms with Crippen LogP contribution in [0.5, 0.6) is 0 Å². The van der Waals surface area contributed by atoms with E-state index in [-0.39, 0.29) is 63.0 Å². The van der Waals surface area contributed by atoms with Crippen LogP contribution in [0, 0.1) is 11.3 Å². The van der Waals surface area contributed by atoms with Crippen LogP contribution in [-0.2, 0) is 42.0 Å². The minimum Gasteiger partial charge on any atom is -0.400 e. The molecular weight excluding hydrogens is 443 g/mol. The number of nitriles is 1. The maximum Gasteiger partial charge on any atom is 0.256 e. The summed E-state index contributed by atoms with van der Waals surface area (Å²) in [7, 11) is 4.94. The monoisotopic (exact) mass is 479 g/mol. The van der Waals surface area contributed by atoms with Gasteiger partial charge in [-0.25, -0.2) is 4.67 Å². The SMILES string of the molecule is CC(C)N(C(C)C)P(O)OCCC#N.CO.[B]C1CCC(CC(C)O)O1.[Y]. The van der Waals surface area contributed by atoms with Crippen LogP contribution in [0.15, 0.2) is 0 Å². The van der Waals surface area contributed by atoms with E-state index in [1.165, 1.54) is 0 Å². The van der Waals surface area contributed by atoms with Crippen molar-refractivity contribution < 1.29 is 57.1 Å². The van der Waals surface area contributed by atoms with Crippen molar-refractivity contribution in [1.82, 2.24) is 4.67 Å². The molecule has 7 nitrogen and oxygen atoms in total. The van der Waals surface area contributed by atoms with Gasteiger partial charge >= 0.3 is 0 Å². The molecule has 1 fully saturated rings. The molecule has 0 spiro atoms. The number of hydrogen-bond donors (Lipinski definition) is 3. The molecule has 10 heteroatoms. The average molecular weight is 479 g/mol. The topological polar surface area (TPSA) is 106 Å². The van der Waals surface area contributed by atoms with Crippen molar-refractivity contribution in [2.75, 3.05) is 13.7 Å². The van der Waals surface area contributed by atoms with Gasteiger partial charge in [0.25, 0.3) is 8.53 Å². The van der Waals surface area contributed by atoms with E-state index >= 15 is 0 Å². The zero-order chi connectivity index (χ0) is 20.7. The molecule has 0 aliphatic carbocycles. The Hall–Kier alpha value is 0.849. The Morgan fingerprint density at radius 1 is 1.22 bits per heavy atom. The molecule has 0 aromatic rings. The molecule has 1 rings (SSSR count). The maximum absolute atomic E-state index is 9.74. The van der Waals surface area contributed by atoms with E-state index < -0.39 is 8.53 Å². The van der Waals surface area contributed by atoms with Crippen LogP contribution in [0.3, 0.4) is 0 Å². The van der Waals surface area contributed by atoms with Gasteiger partial charge in [-0.1, -0.05) is 0 Å². The van der Waals surface area contributed by atoms with Crippen LogP contribution in [-0.4, -0.2) is 71.6 Å². The van der Waals surface area contributed by atoms with Crippen molar-refractivity contribution in [3.63, 3.8) is 0 Å². The standard InChI is InChI=1S/C9H19N2O2P.C7H13BO2.CH4O.Y/c1-8(2)11(9(3)4)14(12)13-7-5-6-10;1-5(9)4-6-2-3-7(8)10-6;1-2;/h8-9,12H,5,7H2,1-4H3;5-7,9H,2-4H2,1H3;2H,1H3;. The Balaban J connectivity index is -0.000000391. The Morgan fingerprint density at radius 3 is 2.07 bits per heavy atom. The molecule has 3 N–H and O–H groups in total. The summed E-state index contributed by atoms with van der Waals surface area (Å²) in [5, 5.41) is 24.3. The first kappa shape index (κ1) is 32.5. The second kappa shape index (κ2) is 20.1. The van der Waals surface area contributed by atoms with E-state index in [2.05, 4.69) is 0 Å². The largest absolute Gasteiger partial charge is 0.400 e. The molecule has 0 bridgehead atoms. The maximum atomic E-state index is 9.74. The molecule has 0 amide bonds.